The smallest absolute Gasteiger partial charge is 0.256 e. The van der Waals surface area contributed by atoms with E-state index in [-0.39, 0.29) is 12.6 Å². The molecular formula is C21H25F2N3O2. The zero-order valence-corrected chi connectivity index (χ0v) is 16.2. The summed E-state index contributed by atoms with van der Waals surface area (Å²) in [4.78, 5) is 2.39. The van der Waals surface area contributed by atoms with Gasteiger partial charge in [0.2, 0.25) is 0 Å². The number of aromatic nitrogens is 2. The predicted octanol–water partition coefficient (Wildman–Crippen LogP) is 4.55. The molecule has 1 fully saturated rings. The molecule has 0 bridgehead atoms. The Hall–Kier alpha value is -2.41. The normalized spacial score (nSPS) is 16.3. The van der Waals surface area contributed by atoms with Crippen molar-refractivity contribution in [2.75, 3.05) is 13.1 Å². The van der Waals surface area contributed by atoms with E-state index in [2.05, 4.69) is 10.1 Å². The molecule has 0 atom stereocenters. The Balaban J connectivity index is 1.39. The average molecular weight is 389 g/mol. The van der Waals surface area contributed by atoms with Gasteiger partial charge in [0.25, 0.3) is 6.43 Å². The molecule has 0 N–H and O–H groups in total. The van der Waals surface area contributed by atoms with Gasteiger partial charge in [-0.1, -0.05) is 11.2 Å². The maximum absolute atomic E-state index is 12.8. The van der Waals surface area contributed by atoms with Crippen molar-refractivity contribution in [3.8, 4) is 5.75 Å². The molecule has 3 heterocycles. The van der Waals surface area contributed by atoms with E-state index < -0.39 is 6.43 Å². The monoisotopic (exact) mass is 389 g/mol. The van der Waals surface area contributed by atoms with Crippen LogP contribution in [0, 0.1) is 13.8 Å². The topological polar surface area (TPSA) is 43.4 Å². The Morgan fingerprint density at radius 1 is 1.21 bits per heavy atom. The first kappa shape index (κ1) is 18.9. The number of alkyl halides is 2. The second-order valence-electron chi connectivity index (χ2n) is 7.44. The number of aryl methyl sites for hydroxylation is 2. The Kier molecular flexibility index (Phi) is 5.35. The fourth-order valence-corrected chi connectivity index (χ4v) is 3.92. The summed E-state index contributed by atoms with van der Waals surface area (Å²) in [6.45, 7) is 6.36. The first-order chi connectivity index (χ1) is 13.5. The van der Waals surface area contributed by atoms with Crippen LogP contribution < -0.4 is 4.74 Å². The van der Waals surface area contributed by atoms with Crippen molar-refractivity contribution in [2.24, 2.45) is 0 Å². The standard InChI is InChI=1S/C21H25F2N3O2/c1-14-18(15(2)28-24-14)12-25-9-6-16(7-10-25)27-20-5-3-4-19-17(20)8-11-26(19)13-21(22)23/h3-5,8,11,16,21H,6-7,9-10,12-13H2,1-2H3. The molecule has 0 amide bonds. The Morgan fingerprint density at radius 3 is 2.68 bits per heavy atom. The molecule has 0 saturated carbocycles. The van der Waals surface area contributed by atoms with Gasteiger partial charge in [0.05, 0.1) is 17.8 Å². The molecule has 3 aromatic rings. The lowest BCUT2D eigenvalue weighted by Crippen LogP contribution is -2.38. The molecule has 4 rings (SSSR count). The lowest BCUT2D eigenvalue weighted by Gasteiger charge is -2.32. The van der Waals surface area contributed by atoms with Crippen LogP contribution in [0.4, 0.5) is 8.78 Å². The van der Waals surface area contributed by atoms with Gasteiger partial charge < -0.3 is 13.8 Å². The molecule has 0 aliphatic carbocycles. The maximum Gasteiger partial charge on any atom is 0.256 e. The minimum atomic E-state index is -2.37. The van der Waals surface area contributed by atoms with Crippen molar-refractivity contribution >= 4 is 10.9 Å². The van der Waals surface area contributed by atoms with E-state index in [9.17, 15) is 8.78 Å². The third kappa shape index (κ3) is 3.90. The van der Waals surface area contributed by atoms with E-state index in [4.69, 9.17) is 9.26 Å². The first-order valence-electron chi connectivity index (χ1n) is 9.68. The highest BCUT2D eigenvalue weighted by Gasteiger charge is 2.23. The van der Waals surface area contributed by atoms with Gasteiger partial charge in [0.1, 0.15) is 17.6 Å². The molecule has 1 saturated heterocycles. The van der Waals surface area contributed by atoms with Crippen molar-refractivity contribution in [1.82, 2.24) is 14.6 Å². The number of fused-ring (bicyclic) bond motifs is 1. The van der Waals surface area contributed by atoms with Crippen LogP contribution in [-0.4, -0.2) is 40.2 Å². The van der Waals surface area contributed by atoms with E-state index in [1.165, 1.54) is 5.56 Å². The number of benzene rings is 1. The number of ether oxygens (including phenoxy) is 1. The number of piperidine rings is 1. The Morgan fingerprint density at radius 2 is 2.00 bits per heavy atom. The zero-order valence-electron chi connectivity index (χ0n) is 16.2. The van der Waals surface area contributed by atoms with E-state index in [0.29, 0.717) is 0 Å². The molecule has 0 unspecified atom stereocenters. The fraction of sp³-hybridized carbons (Fsp3) is 0.476. The number of nitrogens with zero attached hydrogens (tertiary/aromatic N) is 3. The van der Waals surface area contributed by atoms with Crippen LogP contribution in [-0.2, 0) is 13.1 Å². The molecule has 0 spiro atoms. The van der Waals surface area contributed by atoms with Crippen LogP contribution in [0.5, 0.6) is 5.75 Å². The fourth-order valence-electron chi connectivity index (χ4n) is 3.92. The van der Waals surface area contributed by atoms with E-state index in [1.54, 1.807) is 10.8 Å². The van der Waals surface area contributed by atoms with Gasteiger partial charge in [0, 0.05) is 36.8 Å². The Bertz CT molecular complexity index is 923. The van der Waals surface area contributed by atoms with Crippen molar-refractivity contribution in [1.29, 1.82) is 0 Å². The molecule has 7 heteroatoms. The summed E-state index contributed by atoms with van der Waals surface area (Å²) < 4.78 is 38.6. The third-order valence-electron chi connectivity index (χ3n) is 5.50. The molecule has 1 aliphatic rings. The van der Waals surface area contributed by atoms with Crippen LogP contribution >= 0.6 is 0 Å². The van der Waals surface area contributed by atoms with Crippen LogP contribution in [0.25, 0.3) is 10.9 Å². The van der Waals surface area contributed by atoms with Crippen molar-refractivity contribution in [2.45, 2.75) is 52.3 Å². The summed E-state index contributed by atoms with van der Waals surface area (Å²) in [7, 11) is 0. The van der Waals surface area contributed by atoms with Crippen LogP contribution in [0.1, 0.15) is 29.9 Å². The number of halogens is 2. The second-order valence-corrected chi connectivity index (χ2v) is 7.44. The average Bonchev–Trinajstić information content (AvgIpc) is 3.22. The number of likely N-dealkylation sites (tertiary alicyclic amines) is 1. The second kappa shape index (κ2) is 7.91. The highest BCUT2D eigenvalue weighted by Crippen LogP contribution is 2.30. The van der Waals surface area contributed by atoms with Gasteiger partial charge >= 0.3 is 0 Å². The van der Waals surface area contributed by atoms with E-state index >= 15 is 0 Å². The highest BCUT2D eigenvalue weighted by molar-refractivity contribution is 5.86. The molecule has 2 aromatic heterocycles. The van der Waals surface area contributed by atoms with Crippen molar-refractivity contribution < 1.29 is 18.0 Å². The minimum absolute atomic E-state index is 0.130. The molecule has 28 heavy (non-hydrogen) atoms. The molecule has 1 aromatic carbocycles. The number of hydrogen-bond acceptors (Lipinski definition) is 4. The summed E-state index contributed by atoms with van der Waals surface area (Å²) in [6.07, 6.45) is 1.32. The number of rotatable bonds is 6. The van der Waals surface area contributed by atoms with Crippen LogP contribution in [0.3, 0.4) is 0 Å². The molecule has 1 aliphatic heterocycles. The van der Waals surface area contributed by atoms with Gasteiger partial charge in [-0.15, -0.1) is 0 Å². The van der Waals surface area contributed by atoms with Crippen molar-refractivity contribution in [3.63, 3.8) is 0 Å². The minimum Gasteiger partial charge on any atom is -0.490 e. The molecule has 5 nitrogen and oxygen atoms in total. The third-order valence-corrected chi connectivity index (χ3v) is 5.50. The zero-order chi connectivity index (χ0) is 19.7. The highest BCUT2D eigenvalue weighted by atomic mass is 19.3. The predicted molar refractivity (Wildman–Crippen MR) is 103 cm³/mol. The van der Waals surface area contributed by atoms with Crippen LogP contribution in [0.15, 0.2) is 35.0 Å². The maximum atomic E-state index is 12.8. The first-order valence-corrected chi connectivity index (χ1v) is 9.68. The van der Waals surface area contributed by atoms with Gasteiger partial charge in [-0.2, -0.15) is 0 Å². The summed E-state index contributed by atoms with van der Waals surface area (Å²) in [5, 5.41) is 4.92. The van der Waals surface area contributed by atoms with Gasteiger partial charge in [-0.3, -0.25) is 4.90 Å². The van der Waals surface area contributed by atoms with Gasteiger partial charge in [0.15, 0.2) is 0 Å². The van der Waals surface area contributed by atoms with Gasteiger partial charge in [-0.25, -0.2) is 8.78 Å². The summed E-state index contributed by atoms with van der Waals surface area (Å²) in [6, 6.07) is 7.51. The number of hydrogen-bond donors (Lipinski definition) is 0. The largest absolute Gasteiger partial charge is 0.490 e. The molecule has 150 valence electrons. The summed E-state index contributed by atoms with van der Waals surface area (Å²) in [5.74, 6) is 1.66. The Labute approximate surface area is 162 Å². The summed E-state index contributed by atoms with van der Waals surface area (Å²) in [5.41, 5.74) is 2.91. The van der Waals surface area contributed by atoms with E-state index in [0.717, 1.165) is 60.6 Å². The quantitative estimate of drug-likeness (QED) is 0.620. The van der Waals surface area contributed by atoms with Gasteiger partial charge in [-0.05, 0) is 44.9 Å². The lowest BCUT2D eigenvalue weighted by molar-refractivity contribution is 0.0976. The SMILES string of the molecule is Cc1noc(C)c1CN1CCC(Oc2cccc3c2ccn3CC(F)F)CC1. The molecule has 0 radical (unpaired) electrons. The molecular weight excluding hydrogens is 364 g/mol. The van der Waals surface area contributed by atoms with E-state index in [1.807, 2.05) is 38.1 Å². The van der Waals surface area contributed by atoms with Crippen molar-refractivity contribution in [3.05, 3.63) is 47.5 Å². The lowest BCUT2D eigenvalue weighted by atomic mass is 10.1. The summed E-state index contributed by atoms with van der Waals surface area (Å²) >= 11 is 0. The van der Waals surface area contributed by atoms with Crippen LogP contribution in [0.2, 0.25) is 0 Å².